The van der Waals surface area contributed by atoms with E-state index in [-0.39, 0.29) is 30.1 Å². The summed E-state index contributed by atoms with van der Waals surface area (Å²) in [6, 6.07) is 9.53. The minimum Gasteiger partial charge on any atom is -0.369 e. The predicted octanol–water partition coefficient (Wildman–Crippen LogP) is 0.499. The Labute approximate surface area is 140 Å². The molecule has 0 aromatic heterocycles. The first-order chi connectivity index (χ1) is 11.5. The highest BCUT2D eigenvalue weighted by Gasteiger charge is 2.33. The molecule has 1 atom stereocenters. The summed E-state index contributed by atoms with van der Waals surface area (Å²) in [7, 11) is 0. The molecule has 1 aromatic rings. The van der Waals surface area contributed by atoms with E-state index in [1.54, 1.807) is 4.90 Å². The molecular formula is C17H20N4O3. The van der Waals surface area contributed by atoms with E-state index in [4.69, 9.17) is 5.73 Å². The van der Waals surface area contributed by atoms with Crippen LogP contribution in [-0.2, 0) is 20.9 Å². The molecule has 3 rings (SSSR count). The van der Waals surface area contributed by atoms with Gasteiger partial charge >= 0.3 is 0 Å². The van der Waals surface area contributed by atoms with Crippen LogP contribution in [0.25, 0.3) is 0 Å². The van der Waals surface area contributed by atoms with Crippen molar-refractivity contribution in [3.8, 4) is 0 Å². The molecule has 0 radical (unpaired) electrons. The quantitative estimate of drug-likeness (QED) is 0.871. The van der Waals surface area contributed by atoms with Gasteiger partial charge in [-0.25, -0.2) is 5.01 Å². The third-order valence-electron chi connectivity index (χ3n) is 4.40. The SMILES string of the molecule is NC(=O)[C@@H]1CCN(C(=O)C2=NN(Cc3ccccc3)C(=O)CC2)C1. The van der Waals surface area contributed by atoms with E-state index >= 15 is 0 Å². The molecule has 2 aliphatic rings. The number of carbonyl (C=O) groups excluding carboxylic acids is 3. The number of likely N-dealkylation sites (tertiary alicyclic amines) is 1. The first-order valence-electron chi connectivity index (χ1n) is 8.05. The zero-order valence-electron chi connectivity index (χ0n) is 13.4. The lowest BCUT2D eigenvalue weighted by Gasteiger charge is -2.25. The highest BCUT2D eigenvalue weighted by Crippen LogP contribution is 2.19. The third kappa shape index (κ3) is 3.45. The predicted molar refractivity (Wildman–Crippen MR) is 87.5 cm³/mol. The second-order valence-electron chi connectivity index (χ2n) is 6.12. The number of nitrogens with two attached hydrogens (primary N) is 1. The molecule has 0 spiro atoms. The molecule has 24 heavy (non-hydrogen) atoms. The lowest BCUT2D eigenvalue weighted by Crippen LogP contribution is -2.41. The van der Waals surface area contributed by atoms with Crippen molar-refractivity contribution in [3.05, 3.63) is 35.9 Å². The molecule has 3 amide bonds. The van der Waals surface area contributed by atoms with Crippen molar-refractivity contribution in [3.63, 3.8) is 0 Å². The van der Waals surface area contributed by atoms with Crippen LogP contribution in [-0.4, -0.2) is 46.4 Å². The van der Waals surface area contributed by atoms with Crippen LogP contribution in [0.5, 0.6) is 0 Å². The Balaban J connectivity index is 1.71. The number of hydrogen-bond donors (Lipinski definition) is 1. The third-order valence-corrected chi connectivity index (χ3v) is 4.40. The van der Waals surface area contributed by atoms with Gasteiger partial charge in [0, 0.05) is 25.9 Å². The normalized spacial score (nSPS) is 20.9. The maximum Gasteiger partial charge on any atom is 0.270 e. The van der Waals surface area contributed by atoms with E-state index < -0.39 is 0 Å². The van der Waals surface area contributed by atoms with Gasteiger partial charge in [-0.15, -0.1) is 0 Å². The zero-order valence-corrected chi connectivity index (χ0v) is 13.4. The molecule has 0 saturated carbocycles. The number of hydrogen-bond acceptors (Lipinski definition) is 4. The minimum absolute atomic E-state index is 0.0909. The van der Waals surface area contributed by atoms with E-state index in [1.165, 1.54) is 5.01 Å². The fourth-order valence-electron chi connectivity index (χ4n) is 2.99. The molecule has 2 aliphatic heterocycles. The molecule has 2 heterocycles. The Morgan fingerprint density at radius 1 is 1.21 bits per heavy atom. The average molecular weight is 328 g/mol. The second kappa shape index (κ2) is 6.82. The van der Waals surface area contributed by atoms with Crippen molar-refractivity contribution >= 4 is 23.4 Å². The van der Waals surface area contributed by atoms with E-state index in [0.29, 0.717) is 38.2 Å². The van der Waals surface area contributed by atoms with Crippen molar-refractivity contribution in [2.45, 2.75) is 25.8 Å². The molecule has 2 N–H and O–H groups in total. The van der Waals surface area contributed by atoms with Gasteiger partial charge in [0.2, 0.25) is 11.8 Å². The van der Waals surface area contributed by atoms with E-state index in [0.717, 1.165) is 5.56 Å². The van der Waals surface area contributed by atoms with Crippen molar-refractivity contribution < 1.29 is 14.4 Å². The van der Waals surface area contributed by atoms with Gasteiger partial charge < -0.3 is 10.6 Å². The van der Waals surface area contributed by atoms with Gasteiger partial charge in [0.05, 0.1) is 12.5 Å². The zero-order chi connectivity index (χ0) is 17.1. The maximum absolute atomic E-state index is 12.6. The monoisotopic (exact) mass is 328 g/mol. The fourth-order valence-corrected chi connectivity index (χ4v) is 2.99. The fraction of sp³-hybridized carbons (Fsp3) is 0.412. The van der Waals surface area contributed by atoms with Gasteiger partial charge in [-0.2, -0.15) is 5.10 Å². The Kier molecular flexibility index (Phi) is 4.59. The highest BCUT2D eigenvalue weighted by atomic mass is 16.2. The van der Waals surface area contributed by atoms with Crippen molar-refractivity contribution in [1.82, 2.24) is 9.91 Å². The summed E-state index contributed by atoms with van der Waals surface area (Å²) < 4.78 is 0. The van der Waals surface area contributed by atoms with E-state index in [1.807, 2.05) is 30.3 Å². The molecule has 0 bridgehead atoms. The van der Waals surface area contributed by atoms with Crippen LogP contribution in [0.1, 0.15) is 24.8 Å². The number of primary amides is 1. The summed E-state index contributed by atoms with van der Waals surface area (Å²) in [4.78, 5) is 37.5. The van der Waals surface area contributed by atoms with Crippen LogP contribution in [0.15, 0.2) is 35.4 Å². The minimum atomic E-state index is -0.378. The van der Waals surface area contributed by atoms with Crippen LogP contribution in [0.3, 0.4) is 0 Å². The summed E-state index contributed by atoms with van der Waals surface area (Å²) >= 11 is 0. The second-order valence-corrected chi connectivity index (χ2v) is 6.12. The van der Waals surface area contributed by atoms with Gasteiger partial charge in [0.15, 0.2) is 0 Å². The molecule has 0 unspecified atom stereocenters. The first kappa shape index (κ1) is 16.2. The van der Waals surface area contributed by atoms with Crippen molar-refractivity contribution in [2.24, 2.45) is 16.8 Å². The number of carbonyl (C=O) groups is 3. The van der Waals surface area contributed by atoms with Crippen molar-refractivity contribution in [1.29, 1.82) is 0 Å². The summed E-state index contributed by atoms with van der Waals surface area (Å²) in [5.41, 5.74) is 6.63. The van der Waals surface area contributed by atoms with Crippen LogP contribution >= 0.6 is 0 Å². The number of hydrazone groups is 1. The molecule has 126 valence electrons. The largest absolute Gasteiger partial charge is 0.369 e. The first-order valence-corrected chi connectivity index (χ1v) is 8.05. The lowest BCUT2D eigenvalue weighted by molar-refractivity contribution is -0.132. The molecule has 7 heteroatoms. The van der Waals surface area contributed by atoms with Crippen LogP contribution in [0.2, 0.25) is 0 Å². The van der Waals surface area contributed by atoms with Gasteiger partial charge in [0.1, 0.15) is 5.71 Å². The van der Waals surface area contributed by atoms with E-state index in [2.05, 4.69) is 5.10 Å². The Bertz CT molecular complexity index is 686. The number of rotatable bonds is 4. The summed E-state index contributed by atoms with van der Waals surface area (Å²) in [5, 5.41) is 5.62. The summed E-state index contributed by atoms with van der Waals surface area (Å²) in [6.07, 6.45) is 1.19. The molecule has 0 aliphatic carbocycles. The van der Waals surface area contributed by atoms with Gasteiger partial charge in [-0.1, -0.05) is 30.3 Å². The van der Waals surface area contributed by atoms with Crippen LogP contribution < -0.4 is 5.73 Å². The van der Waals surface area contributed by atoms with Crippen LogP contribution in [0.4, 0.5) is 0 Å². The summed E-state index contributed by atoms with van der Waals surface area (Å²) in [5.74, 6) is -0.965. The highest BCUT2D eigenvalue weighted by molar-refractivity contribution is 6.39. The standard InChI is InChI=1S/C17H20N4O3/c18-16(23)13-8-9-20(11-13)17(24)14-6-7-15(22)21(19-14)10-12-4-2-1-3-5-12/h1-5,13H,6-11H2,(H2,18,23)/t13-/m1/s1. The van der Waals surface area contributed by atoms with Gasteiger partial charge in [-0.05, 0) is 12.0 Å². The van der Waals surface area contributed by atoms with Crippen molar-refractivity contribution in [2.75, 3.05) is 13.1 Å². The Morgan fingerprint density at radius 3 is 2.62 bits per heavy atom. The topological polar surface area (TPSA) is 96.1 Å². The van der Waals surface area contributed by atoms with Gasteiger partial charge in [0.25, 0.3) is 5.91 Å². The number of nitrogens with zero attached hydrogens (tertiary/aromatic N) is 3. The number of amides is 3. The van der Waals surface area contributed by atoms with Gasteiger partial charge in [-0.3, -0.25) is 14.4 Å². The maximum atomic E-state index is 12.6. The molecular weight excluding hydrogens is 308 g/mol. The van der Waals surface area contributed by atoms with Crippen LogP contribution in [0, 0.1) is 5.92 Å². The molecule has 1 saturated heterocycles. The van der Waals surface area contributed by atoms with E-state index in [9.17, 15) is 14.4 Å². The molecule has 7 nitrogen and oxygen atoms in total. The molecule has 1 aromatic carbocycles. The smallest absolute Gasteiger partial charge is 0.270 e. The number of benzene rings is 1. The lowest BCUT2D eigenvalue weighted by atomic mass is 10.1. The molecule has 1 fully saturated rings. The Morgan fingerprint density at radius 2 is 1.96 bits per heavy atom. The Hall–Kier alpha value is -2.70. The summed E-state index contributed by atoms with van der Waals surface area (Å²) in [6.45, 7) is 1.18. The average Bonchev–Trinajstić information content (AvgIpc) is 3.07.